The highest BCUT2D eigenvalue weighted by atomic mass is 16.4. The van der Waals surface area contributed by atoms with E-state index in [2.05, 4.69) is 20.9 Å². The number of carbonyl (C=O) groups excluding carboxylic acids is 4. The third-order valence-electron chi connectivity index (χ3n) is 6.95. The minimum absolute atomic E-state index is 0.0214. The van der Waals surface area contributed by atoms with Crippen LogP contribution in [-0.2, 0) is 41.6 Å². The summed E-state index contributed by atoms with van der Waals surface area (Å²) in [5, 5.41) is 27.1. The van der Waals surface area contributed by atoms with Crippen molar-refractivity contribution in [3.05, 3.63) is 71.9 Å². The Kier molecular flexibility index (Phi) is 12.0. The topological polar surface area (TPSA) is 247 Å². The number of carboxylic acids is 2. The molecular weight excluding hydrogens is 572 g/mol. The van der Waals surface area contributed by atoms with Gasteiger partial charge in [-0.25, -0.2) is 4.79 Å². The number of benzene rings is 2. The van der Waals surface area contributed by atoms with E-state index < -0.39 is 59.7 Å². The van der Waals surface area contributed by atoms with E-state index in [9.17, 15) is 33.9 Å². The number of para-hydroxylation sites is 1. The molecule has 4 amide bonds. The summed E-state index contributed by atoms with van der Waals surface area (Å²) in [6.45, 7) is 0. The van der Waals surface area contributed by atoms with Crippen molar-refractivity contribution in [1.29, 1.82) is 0 Å². The highest BCUT2D eigenvalue weighted by molar-refractivity contribution is 5.95. The zero-order valence-corrected chi connectivity index (χ0v) is 23.8. The summed E-state index contributed by atoms with van der Waals surface area (Å²) in [5.74, 6) is -5.64. The average Bonchev–Trinajstić information content (AvgIpc) is 3.40. The van der Waals surface area contributed by atoms with Gasteiger partial charge < -0.3 is 42.6 Å². The molecule has 14 heteroatoms. The lowest BCUT2D eigenvalue weighted by molar-refractivity contribution is -0.142. The molecule has 0 spiro atoms. The second kappa shape index (κ2) is 15.8. The molecule has 0 saturated carbocycles. The SMILES string of the molecule is NC(=O)CCC(NC(=O)C(N)CCC(=O)O)C(=O)NC(Cc1ccccc1)C(=O)NC(Cc1c[nH]c2ccccc12)C(=O)O. The van der Waals surface area contributed by atoms with Gasteiger partial charge in [-0.3, -0.25) is 24.0 Å². The molecule has 44 heavy (non-hydrogen) atoms. The molecule has 0 aliphatic rings. The van der Waals surface area contributed by atoms with E-state index in [4.69, 9.17) is 16.6 Å². The summed E-state index contributed by atoms with van der Waals surface area (Å²) in [5.41, 5.74) is 13.1. The number of fused-ring (bicyclic) bond motifs is 1. The van der Waals surface area contributed by atoms with Gasteiger partial charge in [0.15, 0.2) is 0 Å². The van der Waals surface area contributed by atoms with Crippen molar-refractivity contribution >= 4 is 46.5 Å². The van der Waals surface area contributed by atoms with Gasteiger partial charge in [0, 0.05) is 42.8 Å². The fraction of sp³-hybridized carbons (Fsp3) is 0.333. The fourth-order valence-electron chi connectivity index (χ4n) is 4.57. The minimum Gasteiger partial charge on any atom is -0.481 e. The van der Waals surface area contributed by atoms with Crippen molar-refractivity contribution in [1.82, 2.24) is 20.9 Å². The van der Waals surface area contributed by atoms with Crippen LogP contribution >= 0.6 is 0 Å². The first-order chi connectivity index (χ1) is 20.9. The molecule has 0 radical (unpaired) electrons. The molecule has 2 aromatic carbocycles. The summed E-state index contributed by atoms with van der Waals surface area (Å²) in [6.07, 6.45) is 0.519. The molecule has 0 aliphatic heterocycles. The number of amides is 4. The Hall–Kier alpha value is -5.24. The lowest BCUT2D eigenvalue weighted by Gasteiger charge is -2.25. The molecule has 3 aromatic rings. The van der Waals surface area contributed by atoms with Gasteiger partial charge >= 0.3 is 11.9 Å². The van der Waals surface area contributed by atoms with Gasteiger partial charge in [-0.15, -0.1) is 0 Å². The van der Waals surface area contributed by atoms with Crippen LogP contribution in [0.1, 0.15) is 36.8 Å². The minimum atomic E-state index is -1.35. The normalized spacial score (nSPS) is 13.7. The molecule has 0 fully saturated rings. The van der Waals surface area contributed by atoms with Gasteiger partial charge in [0.1, 0.15) is 18.1 Å². The standard InChI is InChI=1S/C30H36N6O8/c31-20(10-13-26(38)39)27(40)34-22(11-12-25(32)37)28(41)35-23(14-17-6-2-1-3-7-17)29(42)36-24(30(43)44)15-18-16-33-21-9-5-4-8-19(18)21/h1-9,16,20,22-24,33H,10-15,31H2,(H2,32,37)(H,34,40)(H,35,41)(H,36,42)(H,38,39)(H,43,44). The predicted octanol–water partition coefficient (Wildman–Crippen LogP) is -0.0503. The number of aromatic nitrogens is 1. The third-order valence-corrected chi connectivity index (χ3v) is 6.95. The molecule has 0 saturated heterocycles. The number of H-pyrrole nitrogens is 1. The Bertz CT molecular complexity index is 1490. The van der Waals surface area contributed by atoms with Crippen molar-refractivity contribution in [2.24, 2.45) is 11.5 Å². The molecule has 14 nitrogen and oxygen atoms in total. The number of carboxylic acid groups (broad SMARTS) is 2. The van der Waals surface area contributed by atoms with Crippen LogP contribution in [0.4, 0.5) is 0 Å². The van der Waals surface area contributed by atoms with E-state index in [1.54, 1.807) is 36.5 Å². The van der Waals surface area contributed by atoms with E-state index in [0.29, 0.717) is 11.1 Å². The molecule has 1 heterocycles. The van der Waals surface area contributed by atoms with E-state index in [-0.39, 0.29) is 38.5 Å². The van der Waals surface area contributed by atoms with Crippen molar-refractivity contribution < 1.29 is 39.0 Å². The van der Waals surface area contributed by atoms with E-state index in [0.717, 1.165) is 10.9 Å². The lowest BCUT2D eigenvalue weighted by Crippen LogP contribution is -2.58. The van der Waals surface area contributed by atoms with Gasteiger partial charge in [0.05, 0.1) is 6.04 Å². The highest BCUT2D eigenvalue weighted by Crippen LogP contribution is 2.19. The van der Waals surface area contributed by atoms with E-state index in [1.165, 1.54) is 0 Å². The fourth-order valence-corrected chi connectivity index (χ4v) is 4.57. The zero-order chi connectivity index (χ0) is 32.2. The molecule has 0 aliphatic carbocycles. The number of nitrogens with two attached hydrogens (primary N) is 2. The van der Waals surface area contributed by atoms with Crippen LogP contribution in [0.2, 0.25) is 0 Å². The second-order valence-electron chi connectivity index (χ2n) is 10.3. The smallest absolute Gasteiger partial charge is 0.326 e. The van der Waals surface area contributed by atoms with Crippen molar-refractivity contribution in [3.8, 4) is 0 Å². The Labute approximate surface area is 252 Å². The summed E-state index contributed by atoms with van der Waals surface area (Å²) in [4.78, 5) is 77.1. The van der Waals surface area contributed by atoms with Crippen LogP contribution in [0.15, 0.2) is 60.8 Å². The molecule has 234 valence electrons. The molecule has 10 N–H and O–H groups in total. The molecule has 1 aromatic heterocycles. The average molecular weight is 609 g/mol. The summed E-state index contributed by atoms with van der Waals surface area (Å²) >= 11 is 0. The number of rotatable bonds is 17. The van der Waals surface area contributed by atoms with Crippen LogP contribution in [-0.4, -0.2) is 74.9 Å². The first kappa shape index (κ1) is 33.3. The van der Waals surface area contributed by atoms with Gasteiger partial charge in [-0.2, -0.15) is 0 Å². The number of carbonyl (C=O) groups is 6. The maximum Gasteiger partial charge on any atom is 0.326 e. The molecular formula is C30H36N6O8. The first-order valence-corrected chi connectivity index (χ1v) is 13.9. The van der Waals surface area contributed by atoms with Crippen molar-refractivity contribution in [2.45, 2.75) is 62.7 Å². The summed E-state index contributed by atoms with van der Waals surface area (Å²) < 4.78 is 0. The van der Waals surface area contributed by atoms with Crippen LogP contribution in [0, 0.1) is 0 Å². The maximum absolute atomic E-state index is 13.5. The Morgan fingerprint density at radius 1 is 0.727 bits per heavy atom. The van der Waals surface area contributed by atoms with Crippen LogP contribution in [0.25, 0.3) is 10.9 Å². The molecule has 0 bridgehead atoms. The monoisotopic (exact) mass is 608 g/mol. The van der Waals surface area contributed by atoms with Crippen LogP contribution < -0.4 is 27.4 Å². The molecule has 3 rings (SSSR count). The predicted molar refractivity (Wildman–Crippen MR) is 159 cm³/mol. The molecule has 4 atom stereocenters. The largest absolute Gasteiger partial charge is 0.481 e. The van der Waals surface area contributed by atoms with Crippen LogP contribution in [0.3, 0.4) is 0 Å². The van der Waals surface area contributed by atoms with E-state index in [1.807, 2.05) is 24.3 Å². The quantitative estimate of drug-likeness (QED) is 0.102. The number of hydrogen-bond acceptors (Lipinski definition) is 7. The zero-order valence-electron chi connectivity index (χ0n) is 23.8. The number of hydrogen-bond donors (Lipinski definition) is 8. The summed E-state index contributed by atoms with van der Waals surface area (Å²) in [7, 11) is 0. The van der Waals surface area contributed by atoms with Crippen molar-refractivity contribution in [2.75, 3.05) is 0 Å². The number of aliphatic carboxylic acids is 2. The van der Waals surface area contributed by atoms with Gasteiger partial charge in [0.2, 0.25) is 23.6 Å². The Morgan fingerprint density at radius 2 is 1.34 bits per heavy atom. The third kappa shape index (κ3) is 9.94. The first-order valence-electron chi connectivity index (χ1n) is 13.9. The summed E-state index contributed by atoms with van der Waals surface area (Å²) in [6, 6.07) is 10.8. The number of nitrogens with one attached hydrogen (secondary N) is 4. The van der Waals surface area contributed by atoms with Crippen molar-refractivity contribution in [3.63, 3.8) is 0 Å². The molecule has 4 unspecified atom stereocenters. The van der Waals surface area contributed by atoms with E-state index >= 15 is 0 Å². The number of aromatic amines is 1. The van der Waals surface area contributed by atoms with Crippen LogP contribution in [0.5, 0.6) is 0 Å². The maximum atomic E-state index is 13.5. The van der Waals surface area contributed by atoms with Gasteiger partial charge in [-0.05, 0) is 30.0 Å². The Balaban J connectivity index is 1.80. The van der Waals surface area contributed by atoms with Gasteiger partial charge in [0.25, 0.3) is 0 Å². The Morgan fingerprint density at radius 3 is 2.00 bits per heavy atom. The van der Waals surface area contributed by atoms with Gasteiger partial charge in [-0.1, -0.05) is 48.5 Å². The second-order valence-corrected chi connectivity index (χ2v) is 10.3. The highest BCUT2D eigenvalue weighted by Gasteiger charge is 2.31. The lowest BCUT2D eigenvalue weighted by atomic mass is 10.0. The number of primary amides is 1.